The van der Waals surface area contributed by atoms with Gasteiger partial charge in [-0.3, -0.25) is 19.2 Å². The van der Waals surface area contributed by atoms with Crippen molar-refractivity contribution in [3.05, 3.63) is 105 Å². The monoisotopic (exact) mass is 720 g/mol. The van der Waals surface area contributed by atoms with Crippen LogP contribution in [0, 0.1) is 18.6 Å². The van der Waals surface area contributed by atoms with E-state index in [4.69, 9.17) is 0 Å². The molecule has 262 valence electrons. The molecule has 0 aliphatic rings. The van der Waals surface area contributed by atoms with Gasteiger partial charge in [-0.25, -0.2) is 13.6 Å². The molecule has 0 aliphatic carbocycles. The quantitative estimate of drug-likeness (QED) is 0.0711. The second kappa shape index (κ2) is 14.3. The maximum atomic E-state index is 15.9. The van der Waals surface area contributed by atoms with E-state index in [0.717, 1.165) is 46.6 Å². The summed E-state index contributed by atoms with van der Waals surface area (Å²) in [5.41, 5.74) is -4.73. The number of hydrogen-bond donors (Lipinski definition) is 3. The molecular weight excluding hydrogens is 695 g/mol. The van der Waals surface area contributed by atoms with Crippen molar-refractivity contribution in [2.75, 3.05) is 26.0 Å². The average molecular weight is 721 g/mol. The van der Waals surface area contributed by atoms with Crippen LogP contribution in [-0.4, -0.2) is 65.7 Å². The maximum absolute atomic E-state index is 15.9. The van der Waals surface area contributed by atoms with Crippen LogP contribution in [0.4, 0.5) is 32.4 Å². The van der Waals surface area contributed by atoms with E-state index >= 15 is 8.78 Å². The molecule has 2 amide bonds. The first-order chi connectivity index (χ1) is 23.4. The Bertz CT molecular complexity index is 1960. The van der Waals surface area contributed by atoms with Crippen LogP contribution in [0.2, 0.25) is 0 Å². The lowest BCUT2D eigenvalue weighted by atomic mass is 9.87. The van der Waals surface area contributed by atoms with Crippen molar-refractivity contribution >= 4 is 46.9 Å². The molecule has 0 saturated heterocycles. The SMILES string of the molecule is Cc1cccc(C(=O)Nc2cc(F)c(OC(=O)OCC(C(=O)O)(C(=O)O)c3cccs3)c(F)c2C(=O)N(C)C)c1-c1ccc(C(F)(F)F)cc1. The number of carbonyl (C=O) groups is 5. The van der Waals surface area contributed by atoms with Gasteiger partial charge in [-0.15, -0.1) is 11.3 Å². The summed E-state index contributed by atoms with van der Waals surface area (Å²) in [5, 5.41) is 23.0. The number of carboxylic acids is 2. The Morgan fingerprint density at radius 1 is 0.920 bits per heavy atom. The highest BCUT2D eigenvalue weighted by Gasteiger charge is 2.51. The van der Waals surface area contributed by atoms with Crippen molar-refractivity contribution in [2.45, 2.75) is 18.5 Å². The third kappa shape index (κ3) is 7.26. The number of amides is 2. The van der Waals surface area contributed by atoms with Gasteiger partial charge in [0.2, 0.25) is 11.2 Å². The minimum atomic E-state index is -4.62. The van der Waals surface area contributed by atoms with Crippen LogP contribution >= 0.6 is 11.3 Å². The molecule has 50 heavy (non-hydrogen) atoms. The molecular formula is C33H25F5N2O9S. The first-order valence-electron chi connectivity index (χ1n) is 14.1. The number of nitrogens with one attached hydrogen (secondary N) is 1. The predicted molar refractivity (Wildman–Crippen MR) is 167 cm³/mol. The van der Waals surface area contributed by atoms with Gasteiger partial charge in [0, 0.05) is 30.6 Å². The van der Waals surface area contributed by atoms with E-state index in [-0.39, 0.29) is 21.6 Å². The van der Waals surface area contributed by atoms with Gasteiger partial charge in [-0.1, -0.05) is 30.3 Å². The standard InChI is InChI=1S/C33H25F5N2O9S/c1-16-6-4-7-19(23(16)17-9-11-18(12-10-17)33(36,37)38)27(41)39-21-14-20(34)26(25(35)24(21)28(42)40(2)3)49-31(47)48-15-32(29(43)44,30(45)46)22-8-5-13-50-22/h4-14H,15H2,1-3H3,(H,39,41)(H,43,44)(H,45,46). The molecule has 17 heteroatoms. The molecule has 1 aromatic heterocycles. The Labute approximate surface area is 283 Å². The zero-order chi connectivity index (χ0) is 37.1. The minimum Gasteiger partial charge on any atom is -0.480 e. The summed E-state index contributed by atoms with van der Waals surface area (Å²) >= 11 is 0.730. The van der Waals surface area contributed by atoms with E-state index in [2.05, 4.69) is 14.8 Å². The smallest absolute Gasteiger partial charge is 0.480 e. The molecule has 3 aromatic carbocycles. The minimum absolute atomic E-state index is 0.135. The third-order valence-corrected chi connectivity index (χ3v) is 8.36. The molecule has 0 fully saturated rings. The van der Waals surface area contributed by atoms with Gasteiger partial charge in [-0.05, 0) is 53.3 Å². The number of rotatable bonds is 10. The molecule has 0 unspecified atom stereocenters. The van der Waals surface area contributed by atoms with Gasteiger partial charge in [-0.2, -0.15) is 13.2 Å². The number of benzene rings is 3. The summed E-state index contributed by atoms with van der Waals surface area (Å²) in [6.07, 6.45) is -6.54. The number of thiophene rings is 1. The first-order valence-corrected chi connectivity index (χ1v) is 15.0. The van der Waals surface area contributed by atoms with Crippen LogP contribution in [-0.2, 0) is 25.9 Å². The molecule has 0 aliphatic heterocycles. The number of anilines is 1. The predicted octanol–water partition coefficient (Wildman–Crippen LogP) is 6.60. The van der Waals surface area contributed by atoms with E-state index in [9.17, 15) is 47.4 Å². The number of carbonyl (C=O) groups excluding carboxylic acids is 3. The lowest BCUT2D eigenvalue weighted by molar-refractivity contribution is -0.160. The number of aliphatic carboxylic acids is 2. The van der Waals surface area contributed by atoms with E-state index < -0.39 is 82.3 Å². The van der Waals surface area contributed by atoms with Crippen molar-refractivity contribution in [3.63, 3.8) is 0 Å². The zero-order valence-electron chi connectivity index (χ0n) is 26.1. The van der Waals surface area contributed by atoms with Crippen molar-refractivity contribution in [1.82, 2.24) is 4.90 Å². The van der Waals surface area contributed by atoms with Crippen LogP contribution in [0.5, 0.6) is 5.75 Å². The van der Waals surface area contributed by atoms with Gasteiger partial charge in [0.1, 0.15) is 12.2 Å². The van der Waals surface area contributed by atoms with Gasteiger partial charge in [0.15, 0.2) is 11.6 Å². The highest BCUT2D eigenvalue weighted by atomic mass is 32.1. The van der Waals surface area contributed by atoms with E-state index in [1.54, 1.807) is 13.0 Å². The third-order valence-electron chi connectivity index (χ3n) is 7.33. The summed E-state index contributed by atoms with van der Waals surface area (Å²) in [6, 6.07) is 11.2. The molecule has 1 heterocycles. The highest BCUT2D eigenvalue weighted by Crippen LogP contribution is 2.36. The summed E-state index contributed by atoms with van der Waals surface area (Å²) in [7, 11) is 2.38. The fraction of sp³-hybridized carbons (Fsp3) is 0.182. The van der Waals surface area contributed by atoms with Crippen LogP contribution in [0.1, 0.15) is 36.7 Å². The Kier molecular flexibility index (Phi) is 10.6. The van der Waals surface area contributed by atoms with Crippen molar-refractivity contribution in [1.29, 1.82) is 0 Å². The number of alkyl halides is 3. The fourth-order valence-electron chi connectivity index (χ4n) is 4.78. The second-order valence-corrected chi connectivity index (χ2v) is 11.7. The van der Waals surface area contributed by atoms with Crippen LogP contribution in [0.25, 0.3) is 11.1 Å². The zero-order valence-corrected chi connectivity index (χ0v) is 26.9. The normalized spacial score (nSPS) is 11.4. The summed E-state index contributed by atoms with van der Waals surface area (Å²) in [6.45, 7) is 0.225. The van der Waals surface area contributed by atoms with E-state index in [1.807, 2.05) is 0 Å². The van der Waals surface area contributed by atoms with Crippen LogP contribution < -0.4 is 10.1 Å². The van der Waals surface area contributed by atoms with Crippen molar-refractivity contribution < 1.29 is 65.6 Å². The van der Waals surface area contributed by atoms with Gasteiger partial charge >= 0.3 is 24.3 Å². The lowest BCUT2D eigenvalue weighted by Gasteiger charge is -2.23. The molecule has 4 rings (SSSR count). The van der Waals surface area contributed by atoms with Crippen LogP contribution in [0.3, 0.4) is 0 Å². The number of hydrogen-bond acceptors (Lipinski definition) is 8. The highest BCUT2D eigenvalue weighted by molar-refractivity contribution is 7.10. The Hall–Kier alpha value is -5.84. The molecule has 0 radical (unpaired) electrons. The lowest BCUT2D eigenvalue weighted by Crippen LogP contribution is -2.47. The average Bonchev–Trinajstić information content (AvgIpc) is 3.57. The topological polar surface area (TPSA) is 160 Å². The number of halogens is 5. The fourth-order valence-corrected chi connectivity index (χ4v) is 5.68. The second-order valence-electron chi connectivity index (χ2n) is 10.8. The van der Waals surface area contributed by atoms with E-state index in [0.29, 0.717) is 11.6 Å². The van der Waals surface area contributed by atoms with Gasteiger partial charge < -0.3 is 29.9 Å². The Balaban J connectivity index is 1.68. The molecule has 0 bridgehead atoms. The summed E-state index contributed by atoms with van der Waals surface area (Å²) in [4.78, 5) is 63.7. The number of ether oxygens (including phenoxy) is 2. The Morgan fingerprint density at radius 2 is 1.56 bits per heavy atom. The summed E-state index contributed by atoms with van der Waals surface area (Å²) < 4.78 is 79.9. The van der Waals surface area contributed by atoms with Gasteiger partial charge in [0.25, 0.3) is 11.8 Å². The van der Waals surface area contributed by atoms with Crippen molar-refractivity contribution in [2.24, 2.45) is 0 Å². The molecule has 0 atom stereocenters. The largest absolute Gasteiger partial charge is 0.514 e. The number of carboxylic acid groups (broad SMARTS) is 2. The molecule has 0 saturated carbocycles. The van der Waals surface area contributed by atoms with Crippen LogP contribution in [0.15, 0.2) is 66.0 Å². The van der Waals surface area contributed by atoms with Crippen molar-refractivity contribution in [3.8, 4) is 16.9 Å². The number of aryl methyl sites for hydroxylation is 1. The van der Waals surface area contributed by atoms with Gasteiger partial charge in [0.05, 0.1) is 11.3 Å². The Morgan fingerprint density at radius 3 is 2.10 bits per heavy atom. The molecule has 11 nitrogen and oxygen atoms in total. The molecule has 3 N–H and O–H groups in total. The maximum Gasteiger partial charge on any atom is 0.514 e. The summed E-state index contributed by atoms with van der Waals surface area (Å²) in [5.74, 6) is -10.9. The van der Waals surface area contributed by atoms with E-state index in [1.165, 1.54) is 37.7 Å². The molecule has 4 aromatic rings. The first kappa shape index (κ1) is 37.0. The number of nitrogens with zero attached hydrogens (tertiary/aromatic N) is 1. The molecule has 0 spiro atoms.